The second-order valence-electron chi connectivity index (χ2n) is 5.74. The lowest BCUT2D eigenvalue weighted by molar-refractivity contribution is -0.0501. The molecule has 0 saturated carbocycles. The highest BCUT2D eigenvalue weighted by Crippen LogP contribution is 2.25. The molecule has 0 unspecified atom stereocenters. The molecule has 0 N–H and O–H groups in total. The molecule has 136 valence electrons. The van der Waals surface area contributed by atoms with Crippen LogP contribution < -0.4 is 4.74 Å². The fourth-order valence-corrected chi connectivity index (χ4v) is 3.18. The summed E-state index contributed by atoms with van der Waals surface area (Å²) in [6, 6.07) is 6.40. The molecule has 0 aliphatic rings. The first-order valence-corrected chi connectivity index (χ1v) is 8.74. The van der Waals surface area contributed by atoms with Gasteiger partial charge < -0.3 is 4.74 Å². The zero-order valence-electron chi connectivity index (χ0n) is 14.4. The zero-order chi connectivity index (χ0) is 18.8. The summed E-state index contributed by atoms with van der Waals surface area (Å²) < 4.78 is 31.1. The maximum Gasteiger partial charge on any atom is 0.387 e. The average Bonchev–Trinajstić information content (AvgIpc) is 2.97. The molecular formula is C17H16F2N4O2S. The van der Waals surface area contributed by atoms with Crippen molar-refractivity contribution in [1.82, 2.24) is 19.6 Å². The van der Waals surface area contributed by atoms with Crippen molar-refractivity contribution >= 4 is 23.3 Å². The first-order chi connectivity index (χ1) is 12.3. The van der Waals surface area contributed by atoms with Crippen LogP contribution in [0.1, 0.15) is 27.3 Å². The molecule has 2 heterocycles. The van der Waals surface area contributed by atoms with Crippen LogP contribution in [0.3, 0.4) is 0 Å². The van der Waals surface area contributed by atoms with Crippen LogP contribution in [0.4, 0.5) is 8.78 Å². The minimum Gasteiger partial charge on any atom is -0.434 e. The lowest BCUT2D eigenvalue weighted by Gasteiger charge is -2.10. The maximum absolute atomic E-state index is 12.5. The molecule has 0 fully saturated rings. The van der Waals surface area contributed by atoms with Gasteiger partial charge in [0.1, 0.15) is 5.75 Å². The normalized spacial score (nSPS) is 11.3. The highest BCUT2D eigenvalue weighted by Gasteiger charge is 2.18. The van der Waals surface area contributed by atoms with Crippen LogP contribution in [0, 0.1) is 20.8 Å². The zero-order valence-corrected chi connectivity index (χ0v) is 15.2. The second-order valence-corrected chi connectivity index (χ2v) is 6.68. The Hall–Kier alpha value is -2.55. The number of nitrogens with zero attached hydrogens (tertiary/aromatic N) is 4. The van der Waals surface area contributed by atoms with Crippen LogP contribution >= 0.6 is 11.8 Å². The number of ether oxygens (including phenoxy) is 1. The Labute approximate surface area is 152 Å². The van der Waals surface area contributed by atoms with Gasteiger partial charge in [-0.05, 0) is 39.0 Å². The van der Waals surface area contributed by atoms with Gasteiger partial charge in [-0.15, -0.1) is 5.10 Å². The van der Waals surface area contributed by atoms with Crippen LogP contribution in [0.15, 0.2) is 29.4 Å². The first-order valence-electron chi connectivity index (χ1n) is 7.76. The van der Waals surface area contributed by atoms with Gasteiger partial charge in [-0.25, -0.2) is 9.50 Å². The Kier molecular flexibility index (Phi) is 5.17. The van der Waals surface area contributed by atoms with Gasteiger partial charge in [0.15, 0.2) is 5.78 Å². The summed E-state index contributed by atoms with van der Waals surface area (Å²) in [4.78, 5) is 21.1. The van der Waals surface area contributed by atoms with E-state index < -0.39 is 6.61 Å². The van der Waals surface area contributed by atoms with Gasteiger partial charge in [0, 0.05) is 11.4 Å². The van der Waals surface area contributed by atoms with E-state index in [-0.39, 0.29) is 22.8 Å². The van der Waals surface area contributed by atoms with E-state index in [0.717, 1.165) is 28.7 Å². The molecule has 0 bridgehead atoms. The number of aromatic nitrogens is 4. The van der Waals surface area contributed by atoms with E-state index in [0.29, 0.717) is 10.9 Å². The van der Waals surface area contributed by atoms with Crippen molar-refractivity contribution < 1.29 is 18.3 Å². The average molecular weight is 378 g/mol. The van der Waals surface area contributed by atoms with Crippen molar-refractivity contribution in [3.05, 3.63) is 46.8 Å². The second kappa shape index (κ2) is 7.36. The number of carbonyl (C=O) groups excluding carboxylic acids is 1. The van der Waals surface area contributed by atoms with Crippen LogP contribution in [0.2, 0.25) is 0 Å². The summed E-state index contributed by atoms with van der Waals surface area (Å²) in [5, 5.41) is 4.70. The molecule has 0 amide bonds. The third-order valence-corrected chi connectivity index (χ3v) is 4.42. The number of carbonyl (C=O) groups is 1. The third-order valence-electron chi connectivity index (χ3n) is 3.58. The summed E-state index contributed by atoms with van der Waals surface area (Å²) in [6.07, 6.45) is 0. The van der Waals surface area contributed by atoms with Crippen molar-refractivity contribution in [2.45, 2.75) is 32.5 Å². The number of ketones is 1. The fraction of sp³-hybridized carbons (Fsp3) is 0.294. The molecule has 0 aliphatic heterocycles. The minimum absolute atomic E-state index is 0.00202. The van der Waals surface area contributed by atoms with E-state index >= 15 is 0 Å². The Balaban J connectivity index is 1.79. The highest BCUT2D eigenvalue weighted by atomic mass is 32.2. The molecule has 3 aromatic rings. The summed E-state index contributed by atoms with van der Waals surface area (Å²) >= 11 is 1.12. The number of Topliss-reactive ketones (excluding diaryl/α,β-unsaturated/α-hetero) is 1. The van der Waals surface area contributed by atoms with Gasteiger partial charge in [-0.2, -0.15) is 13.8 Å². The van der Waals surface area contributed by atoms with Crippen molar-refractivity contribution in [2.24, 2.45) is 0 Å². The van der Waals surface area contributed by atoms with Crippen LogP contribution in [0.5, 0.6) is 5.75 Å². The van der Waals surface area contributed by atoms with Crippen molar-refractivity contribution in [3.63, 3.8) is 0 Å². The number of rotatable bonds is 6. The number of fused-ring (bicyclic) bond motifs is 1. The Morgan fingerprint density at radius 2 is 2.00 bits per heavy atom. The van der Waals surface area contributed by atoms with Gasteiger partial charge in [-0.3, -0.25) is 4.79 Å². The van der Waals surface area contributed by atoms with Gasteiger partial charge in [-0.1, -0.05) is 23.4 Å². The van der Waals surface area contributed by atoms with Crippen molar-refractivity contribution in [2.75, 3.05) is 5.75 Å². The molecule has 3 rings (SSSR count). The van der Waals surface area contributed by atoms with E-state index in [4.69, 9.17) is 0 Å². The first kappa shape index (κ1) is 18.2. The number of thioether (sulfide) groups is 1. The Bertz CT molecular complexity index is 975. The summed E-state index contributed by atoms with van der Waals surface area (Å²) in [5.74, 6) is -0.0195. The highest BCUT2D eigenvalue weighted by molar-refractivity contribution is 7.99. The number of aryl methyl sites for hydroxylation is 3. The van der Waals surface area contributed by atoms with Gasteiger partial charge in [0.05, 0.1) is 11.3 Å². The Morgan fingerprint density at radius 3 is 2.73 bits per heavy atom. The fourth-order valence-electron chi connectivity index (χ4n) is 2.48. The molecule has 9 heteroatoms. The van der Waals surface area contributed by atoms with Gasteiger partial charge in [0.25, 0.3) is 5.78 Å². The van der Waals surface area contributed by atoms with E-state index in [1.165, 1.54) is 12.1 Å². The monoisotopic (exact) mass is 378 g/mol. The van der Waals surface area contributed by atoms with Crippen molar-refractivity contribution in [1.29, 1.82) is 0 Å². The molecular weight excluding hydrogens is 362 g/mol. The van der Waals surface area contributed by atoms with E-state index in [9.17, 15) is 13.6 Å². The molecule has 0 atom stereocenters. The van der Waals surface area contributed by atoms with Crippen LogP contribution in [0.25, 0.3) is 5.78 Å². The third kappa shape index (κ3) is 3.98. The molecule has 6 nitrogen and oxygen atoms in total. The molecule has 0 saturated heterocycles. The largest absolute Gasteiger partial charge is 0.434 e. The summed E-state index contributed by atoms with van der Waals surface area (Å²) in [7, 11) is 0. The van der Waals surface area contributed by atoms with E-state index in [1.807, 2.05) is 19.9 Å². The maximum atomic E-state index is 12.5. The van der Waals surface area contributed by atoms with E-state index in [1.54, 1.807) is 17.5 Å². The SMILES string of the molecule is Cc1ccc(OC(F)F)c(C(=O)CSc2nc3nc(C)cc(C)n3n2)c1. The quantitative estimate of drug-likeness (QED) is 0.482. The molecule has 2 aromatic heterocycles. The topological polar surface area (TPSA) is 69.4 Å². The molecule has 0 spiro atoms. The number of hydrogen-bond acceptors (Lipinski definition) is 6. The minimum atomic E-state index is -2.99. The van der Waals surface area contributed by atoms with E-state index in [2.05, 4.69) is 19.8 Å². The summed E-state index contributed by atoms with van der Waals surface area (Å²) in [5.41, 5.74) is 2.60. The molecule has 26 heavy (non-hydrogen) atoms. The number of benzene rings is 1. The lowest BCUT2D eigenvalue weighted by atomic mass is 10.1. The van der Waals surface area contributed by atoms with Gasteiger partial charge >= 0.3 is 6.61 Å². The number of hydrogen-bond donors (Lipinski definition) is 0. The standard InChI is InChI=1S/C17H16F2N4O2S/c1-9-4-5-14(25-15(18)19)12(6-9)13(24)8-26-17-21-16-20-10(2)7-11(3)23(16)22-17/h4-7,15H,8H2,1-3H3. The predicted octanol–water partition coefficient (Wildman–Crippen LogP) is 3.63. The molecule has 1 aromatic carbocycles. The van der Waals surface area contributed by atoms with Gasteiger partial charge in [0.2, 0.25) is 5.16 Å². The lowest BCUT2D eigenvalue weighted by Crippen LogP contribution is -2.10. The number of halogens is 2. The van der Waals surface area contributed by atoms with Crippen molar-refractivity contribution in [3.8, 4) is 5.75 Å². The Morgan fingerprint density at radius 1 is 1.23 bits per heavy atom. The number of alkyl halides is 2. The van der Waals surface area contributed by atoms with Crippen LogP contribution in [-0.4, -0.2) is 37.7 Å². The predicted molar refractivity (Wildman–Crippen MR) is 93.1 cm³/mol. The molecule has 0 aliphatic carbocycles. The smallest absolute Gasteiger partial charge is 0.387 e. The summed E-state index contributed by atoms with van der Waals surface area (Å²) in [6.45, 7) is 2.53. The molecule has 0 radical (unpaired) electrons. The van der Waals surface area contributed by atoms with Crippen LogP contribution in [-0.2, 0) is 0 Å².